The Bertz CT molecular complexity index is 997. The number of carbonyl (C=O) groups is 1. The fourth-order valence-corrected chi connectivity index (χ4v) is 5.55. The van der Waals surface area contributed by atoms with Crippen LogP contribution in [0, 0.1) is 6.92 Å². The Morgan fingerprint density at radius 1 is 1.03 bits per heavy atom. The zero-order valence-electron chi connectivity index (χ0n) is 19.1. The van der Waals surface area contributed by atoms with E-state index in [4.69, 9.17) is 4.74 Å². The van der Waals surface area contributed by atoms with Gasteiger partial charge in [-0.25, -0.2) is 8.42 Å². The van der Waals surface area contributed by atoms with E-state index in [0.717, 1.165) is 37.7 Å². The maximum Gasteiger partial charge on any atom is 0.243 e. The molecule has 0 radical (unpaired) electrons. The summed E-state index contributed by atoms with van der Waals surface area (Å²) in [5.41, 5.74) is 3.24. The Hall–Kier alpha value is -2.38. The zero-order valence-corrected chi connectivity index (χ0v) is 19.9. The molecule has 0 saturated carbocycles. The highest BCUT2D eigenvalue weighted by Gasteiger charge is 2.26. The van der Waals surface area contributed by atoms with E-state index in [1.165, 1.54) is 11.1 Å². The molecule has 0 unspecified atom stereocenters. The SMILES string of the molecule is COc1ccc(S(=O)(=O)N2CCCCC2)cc1CCC(=O)NCCCc1ccc(C)cc1. The number of aryl methyl sites for hydroxylation is 3. The molecule has 0 bridgehead atoms. The maximum atomic E-state index is 13.0. The largest absolute Gasteiger partial charge is 0.496 e. The number of benzene rings is 2. The number of ether oxygens (including phenoxy) is 1. The smallest absolute Gasteiger partial charge is 0.243 e. The lowest BCUT2D eigenvalue weighted by atomic mass is 10.1. The van der Waals surface area contributed by atoms with E-state index < -0.39 is 10.0 Å². The van der Waals surface area contributed by atoms with Crippen LogP contribution >= 0.6 is 0 Å². The molecule has 0 aromatic heterocycles. The molecule has 7 heteroatoms. The van der Waals surface area contributed by atoms with Gasteiger partial charge < -0.3 is 10.1 Å². The summed E-state index contributed by atoms with van der Waals surface area (Å²) in [7, 11) is -1.96. The molecule has 32 heavy (non-hydrogen) atoms. The Balaban J connectivity index is 1.53. The first-order chi connectivity index (χ1) is 15.4. The number of piperidine rings is 1. The van der Waals surface area contributed by atoms with Crippen molar-refractivity contribution in [3.63, 3.8) is 0 Å². The highest BCUT2D eigenvalue weighted by atomic mass is 32.2. The fraction of sp³-hybridized carbons (Fsp3) is 0.480. The lowest BCUT2D eigenvalue weighted by Gasteiger charge is -2.26. The van der Waals surface area contributed by atoms with Crippen LogP contribution in [0.1, 0.15) is 48.8 Å². The molecule has 0 atom stereocenters. The summed E-state index contributed by atoms with van der Waals surface area (Å²) < 4.78 is 33.0. The van der Waals surface area contributed by atoms with Crippen molar-refractivity contribution in [1.29, 1.82) is 0 Å². The second kappa shape index (κ2) is 11.5. The molecule has 1 saturated heterocycles. The number of rotatable bonds is 10. The van der Waals surface area contributed by atoms with E-state index in [9.17, 15) is 13.2 Å². The van der Waals surface area contributed by atoms with Gasteiger partial charge in [-0.05, 0) is 68.4 Å². The summed E-state index contributed by atoms with van der Waals surface area (Å²) >= 11 is 0. The van der Waals surface area contributed by atoms with Gasteiger partial charge >= 0.3 is 0 Å². The third-order valence-electron chi connectivity index (χ3n) is 5.91. The van der Waals surface area contributed by atoms with Crippen molar-refractivity contribution in [2.45, 2.75) is 56.8 Å². The zero-order chi connectivity index (χ0) is 23.0. The van der Waals surface area contributed by atoms with Crippen LogP contribution in [0.15, 0.2) is 47.4 Å². The summed E-state index contributed by atoms with van der Waals surface area (Å²) in [4.78, 5) is 12.6. The Morgan fingerprint density at radius 3 is 2.44 bits per heavy atom. The molecule has 1 aliphatic rings. The number of nitrogens with one attached hydrogen (secondary N) is 1. The molecule has 0 aliphatic carbocycles. The highest BCUT2D eigenvalue weighted by Crippen LogP contribution is 2.27. The molecular formula is C25H34N2O4S. The molecule has 6 nitrogen and oxygen atoms in total. The number of amides is 1. The van der Waals surface area contributed by atoms with E-state index in [1.807, 2.05) is 0 Å². The average molecular weight is 459 g/mol. The van der Waals surface area contributed by atoms with Crippen molar-refractivity contribution < 1.29 is 17.9 Å². The molecule has 3 rings (SSSR count). The van der Waals surface area contributed by atoms with Gasteiger partial charge in [0.15, 0.2) is 0 Å². The van der Waals surface area contributed by atoms with Crippen molar-refractivity contribution in [2.75, 3.05) is 26.7 Å². The van der Waals surface area contributed by atoms with Crippen LogP contribution < -0.4 is 10.1 Å². The first-order valence-electron chi connectivity index (χ1n) is 11.4. The summed E-state index contributed by atoms with van der Waals surface area (Å²) in [5.74, 6) is 0.565. The molecule has 174 valence electrons. The van der Waals surface area contributed by atoms with Crippen LogP contribution in [-0.4, -0.2) is 45.4 Å². The van der Waals surface area contributed by atoms with Gasteiger partial charge in [0.05, 0.1) is 12.0 Å². The quantitative estimate of drug-likeness (QED) is 0.549. The highest BCUT2D eigenvalue weighted by molar-refractivity contribution is 7.89. The van der Waals surface area contributed by atoms with Crippen molar-refractivity contribution in [1.82, 2.24) is 9.62 Å². The van der Waals surface area contributed by atoms with Gasteiger partial charge in [-0.2, -0.15) is 4.31 Å². The van der Waals surface area contributed by atoms with E-state index in [-0.39, 0.29) is 17.2 Å². The second-order valence-corrected chi connectivity index (χ2v) is 10.3. The van der Waals surface area contributed by atoms with Gasteiger partial charge in [-0.15, -0.1) is 0 Å². The average Bonchev–Trinajstić information content (AvgIpc) is 2.82. The molecule has 2 aromatic carbocycles. The molecule has 1 heterocycles. The molecule has 1 aliphatic heterocycles. The number of hydrogen-bond donors (Lipinski definition) is 1. The van der Waals surface area contributed by atoms with Gasteiger partial charge in [-0.3, -0.25) is 4.79 Å². The van der Waals surface area contributed by atoms with Crippen LogP contribution in [0.5, 0.6) is 5.75 Å². The van der Waals surface area contributed by atoms with Crippen LogP contribution in [0.4, 0.5) is 0 Å². The number of nitrogens with zero attached hydrogens (tertiary/aromatic N) is 1. The predicted octanol–water partition coefficient (Wildman–Crippen LogP) is 3.86. The van der Waals surface area contributed by atoms with Crippen molar-refractivity contribution >= 4 is 15.9 Å². The third kappa shape index (κ3) is 6.56. The lowest BCUT2D eigenvalue weighted by Crippen LogP contribution is -2.35. The van der Waals surface area contributed by atoms with E-state index in [1.54, 1.807) is 29.6 Å². The monoisotopic (exact) mass is 458 g/mol. The van der Waals surface area contributed by atoms with Crippen LogP contribution in [0.25, 0.3) is 0 Å². The topological polar surface area (TPSA) is 75.7 Å². The predicted molar refractivity (Wildman–Crippen MR) is 126 cm³/mol. The maximum absolute atomic E-state index is 13.0. The van der Waals surface area contributed by atoms with Gasteiger partial charge in [-0.1, -0.05) is 36.2 Å². The molecule has 1 N–H and O–H groups in total. The van der Waals surface area contributed by atoms with Crippen molar-refractivity contribution in [2.24, 2.45) is 0 Å². The summed E-state index contributed by atoms with van der Waals surface area (Å²) in [6.07, 6.45) is 5.37. The minimum absolute atomic E-state index is 0.0414. The number of hydrogen-bond acceptors (Lipinski definition) is 4. The van der Waals surface area contributed by atoms with Gasteiger partial charge in [0.2, 0.25) is 15.9 Å². The van der Waals surface area contributed by atoms with Gasteiger partial charge in [0.1, 0.15) is 5.75 Å². The number of methoxy groups -OCH3 is 1. The van der Waals surface area contributed by atoms with E-state index >= 15 is 0 Å². The number of sulfonamides is 1. The normalized spacial score (nSPS) is 14.8. The summed E-state index contributed by atoms with van der Waals surface area (Å²) in [6, 6.07) is 13.4. The Labute approximate surface area is 192 Å². The van der Waals surface area contributed by atoms with Crippen LogP contribution in [-0.2, 0) is 27.7 Å². The van der Waals surface area contributed by atoms with E-state index in [2.05, 4.69) is 36.5 Å². The molecular weight excluding hydrogens is 424 g/mol. The van der Waals surface area contributed by atoms with E-state index in [0.29, 0.717) is 31.8 Å². The minimum Gasteiger partial charge on any atom is -0.496 e. The van der Waals surface area contributed by atoms with Crippen LogP contribution in [0.2, 0.25) is 0 Å². The van der Waals surface area contributed by atoms with Crippen LogP contribution in [0.3, 0.4) is 0 Å². The first kappa shape index (κ1) is 24.3. The molecule has 1 amide bonds. The fourth-order valence-electron chi connectivity index (χ4n) is 3.98. The number of carbonyl (C=O) groups excluding carboxylic acids is 1. The molecule has 2 aromatic rings. The Morgan fingerprint density at radius 2 is 1.75 bits per heavy atom. The second-order valence-electron chi connectivity index (χ2n) is 8.38. The lowest BCUT2D eigenvalue weighted by molar-refractivity contribution is -0.121. The van der Waals surface area contributed by atoms with Gasteiger partial charge in [0.25, 0.3) is 0 Å². The third-order valence-corrected chi connectivity index (χ3v) is 7.81. The standard InChI is InChI=1S/C25H34N2O4S/c1-20-8-10-21(11-9-20)7-6-16-26-25(28)15-12-22-19-23(13-14-24(22)31-2)32(29,30)27-17-4-3-5-18-27/h8-11,13-14,19H,3-7,12,15-18H2,1-2H3,(H,26,28). The first-order valence-corrected chi connectivity index (χ1v) is 12.8. The molecule has 0 spiro atoms. The minimum atomic E-state index is -3.52. The summed E-state index contributed by atoms with van der Waals surface area (Å²) in [6.45, 7) is 3.81. The van der Waals surface area contributed by atoms with Crippen molar-refractivity contribution in [3.8, 4) is 5.75 Å². The molecule has 1 fully saturated rings. The van der Waals surface area contributed by atoms with Gasteiger partial charge in [0, 0.05) is 26.1 Å². The summed E-state index contributed by atoms with van der Waals surface area (Å²) in [5, 5.41) is 2.96. The van der Waals surface area contributed by atoms with Crippen molar-refractivity contribution in [3.05, 3.63) is 59.2 Å². The Kier molecular flexibility index (Phi) is 8.70.